The second kappa shape index (κ2) is 9.49. The van der Waals surface area contributed by atoms with Gasteiger partial charge < -0.3 is 20.1 Å². The number of aromatic nitrogens is 3. The molecule has 10 nitrogen and oxygen atoms in total. The van der Waals surface area contributed by atoms with Crippen molar-refractivity contribution in [2.75, 3.05) is 27.8 Å². The number of hydrogen-bond acceptors (Lipinski definition) is 9. The van der Waals surface area contributed by atoms with E-state index >= 15 is 0 Å². The van der Waals surface area contributed by atoms with Crippen LogP contribution in [0, 0.1) is 19.8 Å². The molecule has 3 aromatic rings. The van der Waals surface area contributed by atoms with Crippen molar-refractivity contribution in [3.05, 3.63) is 41.7 Å². The molecule has 12 heteroatoms. The SMILES string of the molecule is Cc1cccc(N2C[C@H](C(=O)Nc3nnc(SCC(=O)Nc4cc(C)on4)s3)CC2=O)c1. The largest absolute Gasteiger partial charge is 0.360 e. The van der Waals surface area contributed by atoms with Gasteiger partial charge in [0.05, 0.1) is 11.7 Å². The van der Waals surface area contributed by atoms with E-state index in [0.29, 0.717) is 27.6 Å². The molecule has 2 N–H and O–H groups in total. The summed E-state index contributed by atoms with van der Waals surface area (Å²) in [6, 6.07) is 9.25. The number of hydrogen-bond donors (Lipinski definition) is 2. The quantitative estimate of drug-likeness (QED) is 0.397. The van der Waals surface area contributed by atoms with Gasteiger partial charge in [0, 0.05) is 24.7 Å². The zero-order chi connectivity index (χ0) is 22.7. The standard InChI is InChI=1S/C20H20N6O4S2/c1-11-4-3-5-14(6-11)26-9-13(8-17(26)28)18(29)22-19-23-24-20(32-19)31-10-16(27)21-15-7-12(2)30-25-15/h3-7,13H,8-10H2,1-2H3,(H,21,25,27)(H,22,23,29)/t13-/m1/s1. The van der Waals surface area contributed by atoms with E-state index in [1.165, 1.54) is 23.1 Å². The number of amides is 3. The molecule has 166 valence electrons. The van der Waals surface area contributed by atoms with Crippen LogP contribution in [0.4, 0.5) is 16.6 Å². The molecule has 4 rings (SSSR count). The van der Waals surface area contributed by atoms with E-state index in [2.05, 4.69) is 26.0 Å². The Kier molecular flexibility index (Phi) is 6.51. The molecule has 0 unspecified atom stereocenters. The normalized spacial score (nSPS) is 15.8. The number of carbonyl (C=O) groups is 3. The number of nitrogens with one attached hydrogen (secondary N) is 2. The second-order valence-electron chi connectivity index (χ2n) is 7.27. The molecule has 0 aliphatic carbocycles. The van der Waals surface area contributed by atoms with Crippen molar-refractivity contribution in [1.82, 2.24) is 15.4 Å². The molecule has 2 aromatic heterocycles. The van der Waals surface area contributed by atoms with Crippen LogP contribution in [-0.2, 0) is 14.4 Å². The average Bonchev–Trinajstić information content (AvgIpc) is 3.47. The Hall–Kier alpha value is -3.25. The molecular formula is C20H20N6O4S2. The Morgan fingerprint density at radius 3 is 2.84 bits per heavy atom. The van der Waals surface area contributed by atoms with Gasteiger partial charge in [-0.25, -0.2) is 0 Å². The van der Waals surface area contributed by atoms with Gasteiger partial charge in [-0.3, -0.25) is 14.4 Å². The fourth-order valence-electron chi connectivity index (χ4n) is 3.19. The lowest BCUT2D eigenvalue weighted by molar-refractivity contribution is -0.122. The van der Waals surface area contributed by atoms with Crippen molar-refractivity contribution in [1.29, 1.82) is 0 Å². The molecule has 0 bridgehead atoms. The molecule has 0 spiro atoms. The summed E-state index contributed by atoms with van der Waals surface area (Å²) in [5, 5.41) is 17.3. The van der Waals surface area contributed by atoms with Crippen molar-refractivity contribution >= 4 is 57.5 Å². The summed E-state index contributed by atoms with van der Waals surface area (Å²) in [4.78, 5) is 38.7. The van der Waals surface area contributed by atoms with E-state index in [-0.39, 0.29) is 29.9 Å². The van der Waals surface area contributed by atoms with Gasteiger partial charge in [-0.1, -0.05) is 40.4 Å². The van der Waals surface area contributed by atoms with Crippen molar-refractivity contribution in [2.24, 2.45) is 5.92 Å². The number of anilines is 3. The number of carbonyl (C=O) groups excluding carboxylic acids is 3. The molecule has 3 amide bonds. The van der Waals surface area contributed by atoms with Gasteiger partial charge in [-0.2, -0.15) is 0 Å². The zero-order valence-electron chi connectivity index (χ0n) is 17.3. The Balaban J connectivity index is 1.28. The fraction of sp³-hybridized carbons (Fsp3) is 0.300. The average molecular weight is 473 g/mol. The number of thioether (sulfide) groups is 1. The van der Waals surface area contributed by atoms with Gasteiger partial charge in [0.25, 0.3) is 0 Å². The molecule has 3 heterocycles. The minimum absolute atomic E-state index is 0.0856. The lowest BCUT2D eigenvalue weighted by Gasteiger charge is -2.17. The van der Waals surface area contributed by atoms with Gasteiger partial charge in [-0.05, 0) is 31.5 Å². The van der Waals surface area contributed by atoms with Crippen molar-refractivity contribution in [3.8, 4) is 0 Å². The monoisotopic (exact) mass is 472 g/mol. The van der Waals surface area contributed by atoms with Crippen molar-refractivity contribution < 1.29 is 18.9 Å². The molecule has 0 radical (unpaired) electrons. The Morgan fingerprint density at radius 1 is 1.25 bits per heavy atom. The highest BCUT2D eigenvalue weighted by atomic mass is 32.2. The van der Waals surface area contributed by atoms with Crippen LogP contribution in [0.1, 0.15) is 17.7 Å². The molecule has 1 aromatic carbocycles. The summed E-state index contributed by atoms with van der Waals surface area (Å²) < 4.78 is 5.44. The van der Waals surface area contributed by atoms with Crippen molar-refractivity contribution in [2.45, 2.75) is 24.6 Å². The highest BCUT2D eigenvalue weighted by Gasteiger charge is 2.35. The van der Waals surface area contributed by atoms with Gasteiger partial charge in [0.1, 0.15) is 5.76 Å². The highest BCUT2D eigenvalue weighted by Crippen LogP contribution is 2.29. The minimum Gasteiger partial charge on any atom is -0.360 e. The summed E-state index contributed by atoms with van der Waals surface area (Å²) in [7, 11) is 0. The Morgan fingerprint density at radius 2 is 2.09 bits per heavy atom. The Bertz CT molecular complexity index is 1160. The third-order valence-electron chi connectivity index (χ3n) is 4.67. The molecule has 32 heavy (non-hydrogen) atoms. The lowest BCUT2D eigenvalue weighted by atomic mass is 10.1. The molecule has 1 aliphatic rings. The van der Waals surface area contributed by atoms with E-state index in [1.54, 1.807) is 17.9 Å². The third-order valence-corrected chi connectivity index (χ3v) is 6.64. The second-order valence-corrected chi connectivity index (χ2v) is 9.47. The van der Waals surface area contributed by atoms with Crippen LogP contribution in [0.3, 0.4) is 0 Å². The molecule has 1 atom stereocenters. The number of aryl methyl sites for hydroxylation is 2. The summed E-state index contributed by atoms with van der Waals surface area (Å²) in [6.45, 7) is 4.00. The van der Waals surface area contributed by atoms with Crippen LogP contribution in [0.25, 0.3) is 0 Å². The maximum absolute atomic E-state index is 12.6. The minimum atomic E-state index is -0.472. The summed E-state index contributed by atoms with van der Waals surface area (Å²) in [5.41, 5.74) is 1.84. The highest BCUT2D eigenvalue weighted by molar-refractivity contribution is 8.01. The van der Waals surface area contributed by atoms with Gasteiger partial charge >= 0.3 is 0 Å². The molecule has 1 fully saturated rings. The zero-order valence-corrected chi connectivity index (χ0v) is 19.0. The molecular weight excluding hydrogens is 452 g/mol. The smallest absolute Gasteiger partial charge is 0.236 e. The molecule has 1 aliphatic heterocycles. The van der Waals surface area contributed by atoms with Crippen LogP contribution in [0.15, 0.2) is 39.2 Å². The lowest BCUT2D eigenvalue weighted by Crippen LogP contribution is -2.28. The van der Waals surface area contributed by atoms with E-state index in [9.17, 15) is 14.4 Å². The van der Waals surface area contributed by atoms with E-state index < -0.39 is 5.92 Å². The molecule has 1 saturated heterocycles. The number of nitrogens with zero attached hydrogens (tertiary/aromatic N) is 4. The van der Waals surface area contributed by atoms with E-state index in [0.717, 1.165) is 11.3 Å². The third kappa shape index (κ3) is 5.32. The van der Waals surface area contributed by atoms with E-state index in [1.807, 2.05) is 31.2 Å². The predicted molar refractivity (Wildman–Crippen MR) is 121 cm³/mol. The first-order chi connectivity index (χ1) is 15.4. The van der Waals surface area contributed by atoms with E-state index in [4.69, 9.17) is 4.52 Å². The van der Waals surface area contributed by atoms with Crippen LogP contribution < -0.4 is 15.5 Å². The maximum atomic E-state index is 12.6. The predicted octanol–water partition coefficient (Wildman–Crippen LogP) is 2.87. The van der Waals surface area contributed by atoms with Crippen LogP contribution in [0.5, 0.6) is 0 Å². The van der Waals surface area contributed by atoms with Gasteiger partial charge in [0.2, 0.25) is 22.9 Å². The topological polar surface area (TPSA) is 130 Å². The summed E-state index contributed by atoms with van der Waals surface area (Å²) >= 11 is 2.36. The number of benzene rings is 1. The number of rotatable bonds is 7. The van der Waals surface area contributed by atoms with Crippen LogP contribution >= 0.6 is 23.1 Å². The first-order valence-corrected chi connectivity index (χ1v) is 11.5. The maximum Gasteiger partial charge on any atom is 0.236 e. The van der Waals surface area contributed by atoms with Crippen molar-refractivity contribution in [3.63, 3.8) is 0 Å². The molecule has 0 saturated carbocycles. The first-order valence-electron chi connectivity index (χ1n) is 9.75. The van der Waals surface area contributed by atoms with Crippen LogP contribution in [0.2, 0.25) is 0 Å². The van der Waals surface area contributed by atoms with Gasteiger partial charge in [-0.15, -0.1) is 10.2 Å². The first kappa shape index (κ1) is 22.0. The summed E-state index contributed by atoms with van der Waals surface area (Å²) in [5.74, 6) is -0.0353. The fourth-order valence-corrected chi connectivity index (χ4v) is 4.74. The Labute approximate surface area is 191 Å². The van der Waals surface area contributed by atoms with Gasteiger partial charge in [0.15, 0.2) is 10.2 Å². The van der Waals surface area contributed by atoms with Crippen LogP contribution in [-0.4, -0.2) is 45.4 Å². The summed E-state index contributed by atoms with van der Waals surface area (Å²) in [6.07, 6.45) is 0.141.